The van der Waals surface area contributed by atoms with E-state index in [9.17, 15) is 0 Å². The molecule has 6 nitrogen and oxygen atoms in total. The number of piperidine rings is 1. The van der Waals surface area contributed by atoms with Gasteiger partial charge < -0.3 is 20.1 Å². The molecular formula is C18H32IN5O. The average Bonchev–Trinajstić information content (AvgIpc) is 3.30. The summed E-state index contributed by atoms with van der Waals surface area (Å²) in [6.07, 6.45) is 8.92. The van der Waals surface area contributed by atoms with Gasteiger partial charge in [0.05, 0.1) is 12.2 Å². The lowest BCUT2D eigenvalue weighted by atomic mass is 10.0. The van der Waals surface area contributed by atoms with Crippen LogP contribution in [0.4, 0.5) is 0 Å². The maximum absolute atomic E-state index is 5.31. The van der Waals surface area contributed by atoms with Crippen molar-refractivity contribution in [1.29, 1.82) is 0 Å². The zero-order valence-electron chi connectivity index (χ0n) is 15.5. The quantitative estimate of drug-likeness (QED) is 0.401. The minimum Gasteiger partial charge on any atom is -0.359 e. The fourth-order valence-electron chi connectivity index (χ4n) is 3.84. The first kappa shape index (κ1) is 20.5. The summed E-state index contributed by atoms with van der Waals surface area (Å²) < 4.78 is 5.31. The molecule has 2 heterocycles. The third-order valence-electron chi connectivity index (χ3n) is 5.34. The summed E-state index contributed by atoms with van der Waals surface area (Å²) in [5, 5.41) is 10.9. The van der Waals surface area contributed by atoms with E-state index in [0.29, 0.717) is 12.6 Å². The standard InChI is InChI=1S/C18H31N5O.HI/c1-3-14-12-17(24-22-14)13-20-18(19-2)21-15-8-10-23(11-9-15)16-6-4-5-7-16;/h12,15-16H,3-11,13H2,1-2H3,(H2,19,20,21);1H. The molecule has 1 aliphatic heterocycles. The third-order valence-corrected chi connectivity index (χ3v) is 5.34. The molecule has 1 saturated carbocycles. The predicted molar refractivity (Wildman–Crippen MR) is 111 cm³/mol. The number of hydrogen-bond acceptors (Lipinski definition) is 4. The Labute approximate surface area is 168 Å². The second-order valence-corrected chi connectivity index (χ2v) is 6.96. The second kappa shape index (κ2) is 10.4. The molecule has 0 radical (unpaired) electrons. The van der Waals surface area contributed by atoms with Gasteiger partial charge in [0.25, 0.3) is 0 Å². The molecule has 25 heavy (non-hydrogen) atoms. The predicted octanol–water partition coefficient (Wildman–Crippen LogP) is 2.93. The molecule has 0 spiro atoms. The Bertz CT molecular complexity index is 533. The molecule has 0 atom stereocenters. The van der Waals surface area contributed by atoms with Crippen molar-refractivity contribution in [2.45, 2.75) is 70.5 Å². The minimum absolute atomic E-state index is 0. The summed E-state index contributed by atoms with van der Waals surface area (Å²) in [6.45, 7) is 5.11. The lowest BCUT2D eigenvalue weighted by molar-refractivity contribution is 0.150. The monoisotopic (exact) mass is 461 g/mol. The van der Waals surface area contributed by atoms with Gasteiger partial charge >= 0.3 is 0 Å². The number of guanidine groups is 1. The van der Waals surface area contributed by atoms with Crippen molar-refractivity contribution in [1.82, 2.24) is 20.7 Å². The molecule has 1 aliphatic carbocycles. The maximum atomic E-state index is 5.31. The molecule has 3 rings (SSSR count). The van der Waals surface area contributed by atoms with Crippen LogP contribution in [0.5, 0.6) is 0 Å². The van der Waals surface area contributed by atoms with E-state index in [1.807, 2.05) is 13.1 Å². The van der Waals surface area contributed by atoms with Crippen LogP contribution in [-0.2, 0) is 13.0 Å². The molecule has 1 saturated heterocycles. The SMILES string of the molecule is CCc1cc(CNC(=NC)NC2CCN(C3CCCC3)CC2)on1.I. The van der Waals surface area contributed by atoms with Crippen molar-refractivity contribution < 1.29 is 4.52 Å². The number of hydrogen-bond donors (Lipinski definition) is 2. The topological polar surface area (TPSA) is 65.7 Å². The van der Waals surface area contributed by atoms with Crippen LogP contribution in [0.25, 0.3) is 0 Å². The van der Waals surface area contributed by atoms with Gasteiger partial charge in [-0.1, -0.05) is 24.9 Å². The van der Waals surface area contributed by atoms with Crippen molar-refractivity contribution >= 4 is 29.9 Å². The van der Waals surface area contributed by atoms with Crippen molar-refractivity contribution in [2.24, 2.45) is 4.99 Å². The fraction of sp³-hybridized carbons (Fsp3) is 0.778. The minimum atomic E-state index is 0. The normalized spacial score (nSPS) is 20.5. The number of rotatable bonds is 5. The molecule has 1 aromatic heterocycles. The highest BCUT2D eigenvalue weighted by Crippen LogP contribution is 2.26. The summed E-state index contributed by atoms with van der Waals surface area (Å²) in [6, 6.07) is 3.36. The lowest BCUT2D eigenvalue weighted by Crippen LogP contribution is -2.50. The summed E-state index contributed by atoms with van der Waals surface area (Å²) in [5.74, 6) is 1.70. The van der Waals surface area contributed by atoms with Gasteiger partial charge in [0.15, 0.2) is 11.7 Å². The van der Waals surface area contributed by atoms with E-state index < -0.39 is 0 Å². The number of nitrogens with one attached hydrogen (secondary N) is 2. The summed E-state index contributed by atoms with van der Waals surface area (Å²) in [5.41, 5.74) is 0.994. The molecule has 1 aromatic rings. The highest BCUT2D eigenvalue weighted by atomic mass is 127. The summed E-state index contributed by atoms with van der Waals surface area (Å²) in [4.78, 5) is 7.04. The van der Waals surface area contributed by atoms with Crippen molar-refractivity contribution in [3.8, 4) is 0 Å². The van der Waals surface area contributed by atoms with E-state index in [-0.39, 0.29) is 24.0 Å². The van der Waals surface area contributed by atoms with Crippen LogP contribution < -0.4 is 10.6 Å². The Hall–Kier alpha value is -0.830. The zero-order valence-corrected chi connectivity index (χ0v) is 17.8. The zero-order chi connectivity index (χ0) is 16.8. The molecular weight excluding hydrogens is 429 g/mol. The van der Waals surface area contributed by atoms with Crippen LogP contribution in [0.15, 0.2) is 15.6 Å². The fourth-order valence-corrected chi connectivity index (χ4v) is 3.84. The van der Waals surface area contributed by atoms with Gasteiger partial charge in [-0.15, -0.1) is 24.0 Å². The van der Waals surface area contributed by atoms with Gasteiger partial charge in [0.2, 0.25) is 0 Å². The van der Waals surface area contributed by atoms with Crippen LogP contribution in [0.1, 0.15) is 56.9 Å². The molecule has 0 amide bonds. The number of aryl methyl sites for hydroxylation is 1. The average molecular weight is 461 g/mol. The van der Waals surface area contributed by atoms with Crippen molar-refractivity contribution in [2.75, 3.05) is 20.1 Å². The summed E-state index contributed by atoms with van der Waals surface area (Å²) in [7, 11) is 1.82. The van der Waals surface area contributed by atoms with E-state index >= 15 is 0 Å². The lowest BCUT2D eigenvalue weighted by Gasteiger charge is -2.36. The molecule has 0 bridgehead atoms. The Morgan fingerprint density at radius 2 is 2.00 bits per heavy atom. The Morgan fingerprint density at radius 1 is 1.28 bits per heavy atom. The van der Waals surface area contributed by atoms with E-state index in [4.69, 9.17) is 4.52 Å². The van der Waals surface area contributed by atoms with Crippen LogP contribution in [0.2, 0.25) is 0 Å². The Morgan fingerprint density at radius 3 is 2.60 bits per heavy atom. The van der Waals surface area contributed by atoms with Gasteiger partial charge in [-0.25, -0.2) is 0 Å². The summed E-state index contributed by atoms with van der Waals surface area (Å²) >= 11 is 0. The Kier molecular flexibility index (Phi) is 8.48. The first-order chi connectivity index (χ1) is 11.8. The molecule has 7 heteroatoms. The van der Waals surface area contributed by atoms with Crippen molar-refractivity contribution in [3.63, 3.8) is 0 Å². The number of aliphatic imine (C=N–C) groups is 1. The van der Waals surface area contributed by atoms with E-state index in [0.717, 1.165) is 29.9 Å². The maximum Gasteiger partial charge on any atom is 0.191 e. The van der Waals surface area contributed by atoms with Gasteiger partial charge in [-0.05, 0) is 32.1 Å². The molecule has 0 unspecified atom stereocenters. The van der Waals surface area contributed by atoms with Crippen LogP contribution in [0.3, 0.4) is 0 Å². The molecule has 2 fully saturated rings. The molecule has 2 aliphatic rings. The van der Waals surface area contributed by atoms with E-state index in [1.165, 1.54) is 51.6 Å². The smallest absolute Gasteiger partial charge is 0.191 e. The highest BCUT2D eigenvalue weighted by molar-refractivity contribution is 14.0. The number of likely N-dealkylation sites (tertiary alicyclic amines) is 1. The number of aromatic nitrogens is 1. The highest BCUT2D eigenvalue weighted by Gasteiger charge is 2.27. The molecule has 142 valence electrons. The molecule has 0 aromatic carbocycles. The first-order valence-electron chi connectivity index (χ1n) is 9.44. The van der Waals surface area contributed by atoms with E-state index in [2.05, 4.69) is 32.6 Å². The van der Waals surface area contributed by atoms with Crippen LogP contribution in [-0.4, -0.2) is 48.2 Å². The Balaban J connectivity index is 0.00000225. The third kappa shape index (κ3) is 5.84. The van der Waals surface area contributed by atoms with Gasteiger partial charge in [-0.2, -0.15) is 0 Å². The van der Waals surface area contributed by atoms with E-state index in [1.54, 1.807) is 0 Å². The number of nitrogens with zero attached hydrogens (tertiary/aromatic N) is 3. The van der Waals surface area contributed by atoms with Gasteiger partial charge in [-0.3, -0.25) is 4.99 Å². The van der Waals surface area contributed by atoms with Crippen LogP contribution in [0, 0.1) is 0 Å². The van der Waals surface area contributed by atoms with Gasteiger partial charge in [0, 0.05) is 38.3 Å². The van der Waals surface area contributed by atoms with Crippen molar-refractivity contribution in [3.05, 3.63) is 17.5 Å². The van der Waals surface area contributed by atoms with Gasteiger partial charge in [0.1, 0.15) is 0 Å². The number of halogens is 1. The molecule has 2 N–H and O–H groups in total. The van der Waals surface area contributed by atoms with Crippen LogP contribution >= 0.6 is 24.0 Å². The largest absolute Gasteiger partial charge is 0.359 e. The second-order valence-electron chi connectivity index (χ2n) is 6.96. The first-order valence-corrected chi connectivity index (χ1v) is 9.44.